The van der Waals surface area contributed by atoms with Gasteiger partial charge in [-0.15, -0.1) is 23.1 Å². The second-order valence-electron chi connectivity index (χ2n) is 6.42. The minimum atomic E-state index is -1.15. The number of anilines is 1. The number of carboxylic acids is 1. The van der Waals surface area contributed by atoms with Crippen LogP contribution in [0.1, 0.15) is 19.5 Å². The monoisotopic (exact) mass is 551 g/mol. The Bertz CT molecular complexity index is 915. The highest BCUT2D eigenvalue weighted by molar-refractivity contribution is 14.1. The van der Waals surface area contributed by atoms with Crippen molar-refractivity contribution >= 4 is 74.3 Å². The number of carboxylic acid groups (broad SMARTS) is 1. The summed E-state index contributed by atoms with van der Waals surface area (Å²) in [4.78, 5) is 47.6. The molecule has 10 nitrogen and oxygen atoms in total. The molecule has 0 bridgehead atoms. The minimum Gasteiger partial charge on any atom is -0.477 e. The number of β-lactam (4-membered cyclic amide) rings is 1. The number of carbonyl (C=O) groups is 3. The van der Waals surface area contributed by atoms with E-state index in [1.54, 1.807) is 19.2 Å². The first kappa shape index (κ1) is 21.8. The van der Waals surface area contributed by atoms with Crippen molar-refractivity contribution in [2.24, 2.45) is 5.16 Å². The van der Waals surface area contributed by atoms with E-state index >= 15 is 0 Å². The summed E-state index contributed by atoms with van der Waals surface area (Å²) in [7, 11) is 0. The summed E-state index contributed by atoms with van der Waals surface area (Å²) in [5.74, 6) is -1.79. The van der Waals surface area contributed by atoms with E-state index in [-0.39, 0.29) is 28.3 Å². The highest BCUT2D eigenvalue weighted by Gasteiger charge is 2.54. The molecular formula is C16H18IN5O5S2. The predicted octanol–water partition coefficient (Wildman–Crippen LogP) is 1.03. The maximum Gasteiger partial charge on any atom is 0.352 e. The van der Waals surface area contributed by atoms with Crippen LogP contribution in [0.2, 0.25) is 0 Å². The molecule has 1 unspecified atom stereocenters. The van der Waals surface area contributed by atoms with E-state index < -0.39 is 29.2 Å². The van der Waals surface area contributed by atoms with Crippen LogP contribution in [0.4, 0.5) is 5.13 Å². The molecule has 1 aromatic heterocycles. The molecule has 1 fully saturated rings. The Morgan fingerprint density at radius 1 is 1.55 bits per heavy atom. The summed E-state index contributed by atoms with van der Waals surface area (Å²) in [6.45, 7) is 3.51. The zero-order valence-electron chi connectivity index (χ0n) is 15.4. The van der Waals surface area contributed by atoms with Gasteiger partial charge in [0.25, 0.3) is 11.8 Å². The highest BCUT2D eigenvalue weighted by Crippen LogP contribution is 2.40. The molecule has 0 spiro atoms. The molecule has 2 aliphatic heterocycles. The fraction of sp³-hybridized carbons (Fsp3) is 0.438. The summed E-state index contributed by atoms with van der Waals surface area (Å²) in [6.07, 6.45) is -0.265. The number of fused-ring (bicyclic) bond motifs is 1. The van der Waals surface area contributed by atoms with Gasteiger partial charge in [0.05, 0.1) is 0 Å². The number of thiazole rings is 1. The third-order valence-electron chi connectivity index (χ3n) is 4.03. The lowest BCUT2D eigenvalue weighted by Gasteiger charge is -2.49. The van der Waals surface area contributed by atoms with Crippen molar-refractivity contribution in [2.75, 3.05) is 15.9 Å². The Hall–Kier alpha value is -1.87. The number of aromatic nitrogens is 1. The standard InChI is InChI=1S/C16H18IN5O5S2/c1-6(2)27-21-9(8-5-29-16(18)19-8)12(23)20-10-13(24)22-11(15(25)26)7(3-17)4-28-14(10)22/h5-6,10,14H,3-4H2,1-2H3,(H2,18,19)(H,20,23)(H,25,26)/b21-9+/t10?,14-/m1/s1. The molecule has 1 aromatic rings. The Balaban J connectivity index is 1.80. The maximum atomic E-state index is 12.8. The molecule has 156 valence electrons. The van der Waals surface area contributed by atoms with Gasteiger partial charge >= 0.3 is 5.97 Å². The Labute approximate surface area is 188 Å². The normalized spacial score (nSPS) is 21.7. The fourth-order valence-corrected chi connectivity index (χ4v) is 5.65. The zero-order chi connectivity index (χ0) is 21.3. The molecule has 0 aromatic carbocycles. The number of nitrogens with two attached hydrogens (primary N) is 1. The third-order valence-corrected chi connectivity index (χ3v) is 6.97. The number of nitrogen functional groups attached to an aromatic ring is 1. The van der Waals surface area contributed by atoms with Crippen LogP contribution in [-0.4, -0.2) is 66.2 Å². The van der Waals surface area contributed by atoms with Gasteiger partial charge in [0.2, 0.25) is 0 Å². The Morgan fingerprint density at radius 3 is 2.83 bits per heavy atom. The molecule has 2 amide bonds. The number of hydrogen-bond donors (Lipinski definition) is 3. The first-order valence-electron chi connectivity index (χ1n) is 8.46. The number of halogens is 1. The van der Waals surface area contributed by atoms with Crippen molar-refractivity contribution in [1.29, 1.82) is 0 Å². The van der Waals surface area contributed by atoms with Crippen LogP contribution in [0.25, 0.3) is 0 Å². The lowest BCUT2D eigenvalue weighted by atomic mass is 10.0. The van der Waals surface area contributed by atoms with E-state index in [9.17, 15) is 19.5 Å². The molecule has 2 atom stereocenters. The van der Waals surface area contributed by atoms with E-state index in [2.05, 4.69) is 38.0 Å². The molecule has 29 heavy (non-hydrogen) atoms. The van der Waals surface area contributed by atoms with Gasteiger partial charge in [-0.05, 0) is 19.4 Å². The molecule has 13 heteroatoms. The molecule has 4 N–H and O–H groups in total. The number of amides is 2. The van der Waals surface area contributed by atoms with E-state index in [4.69, 9.17) is 10.6 Å². The van der Waals surface area contributed by atoms with Gasteiger partial charge in [-0.2, -0.15) is 0 Å². The summed E-state index contributed by atoms with van der Waals surface area (Å²) in [6, 6.07) is -0.863. The number of nitrogens with zero attached hydrogens (tertiary/aromatic N) is 3. The number of nitrogens with one attached hydrogen (secondary N) is 1. The average Bonchev–Trinajstić information content (AvgIpc) is 3.10. The van der Waals surface area contributed by atoms with Crippen LogP contribution >= 0.6 is 45.7 Å². The van der Waals surface area contributed by atoms with Crippen molar-refractivity contribution in [1.82, 2.24) is 15.2 Å². The van der Waals surface area contributed by atoms with E-state index in [0.717, 1.165) is 11.3 Å². The lowest BCUT2D eigenvalue weighted by Crippen LogP contribution is -2.71. The van der Waals surface area contributed by atoms with Crippen LogP contribution in [-0.2, 0) is 19.2 Å². The minimum absolute atomic E-state index is 0.00274. The topological polar surface area (TPSA) is 147 Å². The second-order valence-corrected chi connectivity index (χ2v) is 9.17. The number of carbonyl (C=O) groups excluding carboxylic acids is 2. The van der Waals surface area contributed by atoms with Crippen LogP contribution in [0.3, 0.4) is 0 Å². The van der Waals surface area contributed by atoms with Crippen molar-refractivity contribution in [2.45, 2.75) is 31.4 Å². The average molecular weight is 551 g/mol. The number of oxime groups is 1. The number of aliphatic carboxylic acids is 1. The number of rotatable bonds is 7. The van der Waals surface area contributed by atoms with Gasteiger partial charge in [0.1, 0.15) is 28.9 Å². The van der Waals surface area contributed by atoms with Crippen LogP contribution in [0.15, 0.2) is 21.8 Å². The summed E-state index contributed by atoms with van der Waals surface area (Å²) < 4.78 is 0.508. The van der Waals surface area contributed by atoms with Gasteiger partial charge < -0.3 is 21.0 Å². The first-order chi connectivity index (χ1) is 13.7. The summed E-state index contributed by atoms with van der Waals surface area (Å²) in [5, 5.41) is 17.4. The number of hydrogen-bond acceptors (Lipinski definition) is 9. The summed E-state index contributed by atoms with van der Waals surface area (Å²) >= 11 is 4.63. The highest BCUT2D eigenvalue weighted by atomic mass is 127. The maximum absolute atomic E-state index is 12.8. The van der Waals surface area contributed by atoms with Gasteiger partial charge in [0.15, 0.2) is 10.8 Å². The summed E-state index contributed by atoms with van der Waals surface area (Å²) in [5.41, 5.74) is 6.47. The third kappa shape index (κ3) is 4.35. The molecule has 3 heterocycles. The largest absolute Gasteiger partial charge is 0.477 e. The molecule has 1 saturated heterocycles. The van der Waals surface area contributed by atoms with Crippen molar-refractivity contribution < 1.29 is 24.3 Å². The molecule has 0 saturated carbocycles. The zero-order valence-corrected chi connectivity index (χ0v) is 19.2. The number of alkyl halides is 1. The van der Waals surface area contributed by atoms with Gasteiger partial charge in [0, 0.05) is 15.6 Å². The van der Waals surface area contributed by atoms with Gasteiger partial charge in [-0.25, -0.2) is 9.78 Å². The van der Waals surface area contributed by atoms with Gasteiger partial charge in [-0.3, -0.25) is 14.5 Å². The SMILES string of the molecule is CC(C)O/N=C(/C(=O)NC1C(=O)N2C(C(=O)O)=C(CI)CS[C@H]12)c1csc(N)n1. The van der Waals surface area contributed by atoms with Crippen molar-refractivity contribution in [3.63, 3.8) is 0 Å². The Morgan fingerprint density at radius 2 is 2.28 bits per heavy atom. The first-order valence-corrected chi connectivity index (χ1v) is 11.9. The van der Waals surface area contributed by atoms with E-state index in [0.29, 0.717) is 15.8 Å². The quantitative estimate of drug-likeness (QED) is 0.150. The fourth-order valence-electron chi connectivity index (χ4n) is 2.75. The smallest absolute Gasteiger partial charge is 0.352 e. The molecule has 0 radical (unpaired) electrons. The van der Waals surface area contributed by atoms with Crippen molar-refractivity contribution in [3.05, 3.63) is 22.3 Å². The van der Waals surface area contributed by atoms with Crippen molar-refractivity contribution in [3.8, 4) is 0 Å². The van der Waals surface area contributed by atoms with E-state index in [1.165, 1.54) is 16.7 Å². The lowest BCUT2D eigenvalue weighted by molar-refractivity contribution is -0.150. The molecule has 2 aliphatic rings. The van der Waals surface area contributed by atoms with E-state index in [1.807, 2.05) is 0 Å². The van der Waals surface area contributed by atoms with Crippen LogP contribution in [0, 0.1) is 0 Å². The van der Waals surface area contributed by atoms with Crippen LogP contribution in [0.5, 0.6) is 0 Å². The number of thioether (sulfide) groups is 1. The molecule has 3 rings (SSSR count). The predicted molar refractivity (Wildman–Crippen MR) is 118 cm³/mol. The molecular weight excluding hydrogens is 533 g/mol. The van der Waals surface area contributed by atoms with Crippen LogP contribution < -0.4 is 11.1 Å². The van der Waals surface area contributed by atoms with Gasteiger partial charge in [-0.1, -0.05) is 27.7 Å². The molecule has 0 aliphatic carbocycles. The second kappa shape index (κ2) is 8.87. The Kier molecular flexibility index (Phi) is 6.68.